The molecule has 1 amide bonds. The summed E-state index contributed by atoms with van der Waals surface area (Å²) in [5, 5.41) is 0. The number of halogens is 1. The lowest BCUT2D eigenvalue weighted by atomic mass is 9.88. The molecule has 0 radical (unpaired) electrons. The Morgan fingerprint density at radius 3 is 2.54 bits per heavy atom. The molecule has 4 nitrogen and oxygen atoms in total. The molecule has 5 heteroatoms. The highest BCUT2D eigenvalue weighted by atomic mass is 19.1. The third kappa shape index (κ3) is 4.97. The van der Waals surface area contributed by atoms with Crippen LogP contribution in [-0.2, 0) is 20.7 Å². The summed E-state index contributed by atoms with van der Waals surface area (Å²) in [6, 6.07) is 14.4. The van der Waals surface area contributed by atoms with Crippen molar-refractivity contribution in [2.24, 2.45) is 0 Å². The first-order chi connectivity index (χ1) is 13.6. The molecule has 0 aliphatic carbocycles. The Balaban J connectivity index is 0.000000211. The number of benzene rings is 2. The highest BCUT2D eigenvalue weighted by Crippen LogP contribution is 2.34. The molecule has 4 rings (SSSR count). The van der Waals surface area contributed by atoms with E-state index in [1.54, 1.807) is 24.1 Å². The van der Waals surface area contributed by atoms with Gasteiger partial charge in [0.15, 0.2) is 0 Å². The minimum atomic E-state index is -0.259. The number of hydrogen-bond donors (Lipinski definition) is 0. The van der Waals surface area contributed by atoms with Gasteiger partial charge < -0.3 is 14.4 Å². The van der Waals surface area contributed by atoms with E-state index in [2.05, 4.69) is 13.0 Å². The largest absolute Gasteiger partial charge is 0.379 e. The smallest absolute Gasteiger partial charge is 0.210 e. The van der Waals surface area contributed by atoms with Gasteiger partial charge in [-0.2, -0.15) is 0 Å². The summed E-state index contributed by atoms with van der Waals surface area (Å²) < 4.78 is 23.5. The molecule has 0 spiro atoms. The van der Waals surface area contributed by atoms with Gasteiger partial charge in [-0.15, -0.1) is 0 Å². The summed E-state index contributed by atoms with van der Waals surface area (Å²) in [5.74, 6) is -0.259. The molecule has 1 fully saturated rings. The SMILES string of the molecule is COC1CCC(C)OC1.O=CN1CCc2ccccc2[C@@H]1c1ccc(F)cc1. The molecule has 0 N–H and O–H groups in total. The summed E-state index contributed by atoms with van der Waals surface area (Å²) in [6.45, 7) is 3.58. The van der Waals surface area contributed by atoms with Gasteiger partial charge in [0.2, 0.25) is 6.41 Å². The number of rotatable bonds is 3. The summed E-state index contributed by atoms with van der Waals surface area (Å²) >= 11 is 0. The number of carbonyl (C=O) groups is 1. The molecule has 2 heterocycles. The number of amides is 1. The van der Waals surface area contributed by atoms with Crippen LogP contribution in [0.1, 0.15) is 42.5 Å². The number of methoxy groups -OCH3 is 1. The molecule has 0 aromatic heterocycles. The Kier molecular flexibility index (Phi) is 7.18. The fourth-order valence-corrected chi connectivity index (χ4v) is 3.76. The number of hydrogen-bond acceptors (Lipinski definition) is 3. The highest BCUT2D eigenvalue weighted by molar-refractivity contribution is 5.54. The van der Waals surface area contributed by atoms with Crippen molar-refractivity contribution in [1.82, 2.24) is 4.90 Å². The lowest BCUT2D eigenvalue weighted by Gasteiger charge is -2.35. The van der Waals surface area contributed by atoms with Crippen LogP contribution in [0, 0.1) is 5.82 Å². The van der Waals surface area contributed by atoms with Gasteiger partial charge in [0.25, 0.3) is 0 Å². The quantitative estimate of drug-likeness (QED) is 0.746. The van der Waals surface area contributed by atoms with Crippen molar-refractivity contribution in [1.29, 1.82) is 0 Å². The van der Waals surface area contributed by atoms with Gasteiger partial charge >= 0.3 is 0 Å². The van der Waals surface area contributed by atoms with E-state index >= 15 is 0 Å². The highest BCUT2D eigenvalue weighted by Gasteiger charge is 2.27. The van der Waals surface area contributed by atoms with Crippen LogP contribution in [-0.4, -0.2) is 43.8 Å². The van der Waals surface area contributed by atoms with Gasteiger partial charge in [-0.05, 0) is 55.0 Å². The van der Waals surface area contributed by atoms with E-state index in [0.717, 1.165) is 43.4 Å². The van der Waals surface area contributed by atoms with Crippen LogP contribution in [0.5, 0.6) is 0 Å². The van der Waals surface area contributed by atoms with Crippen molar-refractivity contribution in [3.05, 3.63) is 71.0 Å². The Labute approximate surface area is 166 Å². The second-order valence-corrected chi connectivity index (χ2v) is 7.33. The molecule has 0 saturated carbocycles. The monoisotopic (exact) mass is 385 g/mol. The van der Waals surface area contributed by atoms with Crippen LogP contribution >= 0.6 is 0 Å². The Bertz CT molecular complexity index is 757. The van der Waals surface area contributed by atoms with Crippen LogP contribution in [0.25, 0.3) is 0 Å². The maximum atomic E-state index is 13.0. The van der Waals surface area contributed by atoms with Gasteiger partial charge in [0.1, 0.15) is 5.82 Å². The van der Waals surface area contributed by atoms with Crippen molar-refractivity contribution in [2.45, 2.75) is 44.4 Å². The van der Waals surface area contributed by atoms with Crippen LogP contribution in [0.15, 0.2) is 48.5 Å². The third-order valence-electron chi connectivity index (χ3n) is 5.44. The van der Waals surface area contributed by atoms with Crippen molar-refractivity contribution in [2.75, 3.05) is 20.3 Å². The summed E-state index contributed by atoms with van der Waals surface area (Å²) in [7, 11) is 1.74. The molecule has 2 aliphatic rings. The topological polar surface area (TPSA) is 38.8 Å². The molecule has 2 unspecified atom stereocenters. The minimum absolute atomic E-state index is 0.108. The Morgan fingerprint density at radius 2 is 1.89 bits per heavy atom. The molecule has 3 atom stereocenters. The molecule has 2 aliphatic heterocycles. The predicted molar refractivity (Wildman–Crippen MR) is 107 cm³/mol. The molecule has 2 aromatic rings. The molecule has 0 bridgehead atoms. The molecule has 28 heavy (non-hydrogen) atoms. The van der Waals surface area contributed by atoms with E-state index < -0.39 is 0 Å². The second kappa shape index (κ2) is 9.80. The van der Waals surface area contributed by atoms with E-state index in [-0.39, 0.29) is 11.9 Å². The van der Waals surface area contributed by atoms with Gasteiger partial charge in [0.05, 0.1) is 24.9 Å². The first-order valence-electron chi connectivity index (χ1n) is 9.81. The van der Waals surface area contributed by atoms with E-state index in [1.807, 2.05) is 18.2 Å². The fourth-order valence-electron chi connectivity index (χ4n) is 3.76. The molecule has 2 aromatic carbocycles. The zero-order chi connectivity index (χ0) is 19.9. The summed E-state index contributed by atoms with van der Waals surface area (Å²) in [4.78, 5) is 13.0. The average Bonchev–Trinajstić information content (AvgIpc) is 2.74. The molecular formula is C23H28FNO3. The fraction of sp³-hybridized carbons (Fsp3) is 0.435. The Hall–Kier alpha value is -2.24. The van der Waals surface area contributed by atoms with Crippen LogP contribution in [0.3, 0.4) is 0 Å². The van der Waals surface area contributed by atoms with Gasteiger partial charge in [0, 0.05) is 13.7 Å². The predicted octanol–water partition coefficient (Wildman–Crippen LogP) is 4.13. The lowest BCUT2D eigenvalue weighted by molar-refractivity contribution is -0.119. The minimum Gasteiger partial charge on any atom is -0.379 e. The van der Waals surface area contributed by atoms with Crippen LogP contribution < -0.4 is 0 Å². The average molecular weight is 385 g/mol. The van der Waals surface area contributed by atoms with Crippen molar-refractivity contribution in [3.8, 4) is 0 Å². The summed E-state index contributed by atoms with van der Waals surface area (Å²) in [6.07, 6.45) is 4.82. The molecule has 1 saturated heterocycles. The van der Waals surface area contributed by atoms with Crippen LogP contribution in [0.4, 0.5) is 4.39 Å². The zero-order valence-electron chi connectivity index (χ0n) is 16.5. The van der Waals surface area contributed by atoms with Crippen LogP contribution in [0.2, 0.25) is 0 Å². The summed E-state index contributed by atoms with van der Waals surface area (Å²) in [5.41, 5.74) is 3.34. The lowest BCUT2D eigenvalue weighted by Crippen LogP contribution is -2.34. The zero-order valence-corrected chi connectivity index (χ0v) is 16.5. The van der Waals surface area contributed by atoms with Crippen molar-refractivity contribution in [3.63, 3.8) is 0 Å². The first kappa shape index (κ1) is 20.5. The van der Waals surface area contributed by atoms with Crippen molar-refractivity contribution >= 4 is 6.41 Å². The maximum absolute atomic E-state index is 13.0. The second-order valence-electron chi connectivity index (χ2n) is 7.33. The number of ether oxygens (including phenoxy) is 2. The molecular weight excluding hydrogens is 357 g/mol. The number of nitrogens with zero attached hydrogens (tertiary/aromatic N) is 1. The van der Waals surface area contributed by atoms with E-state index in [4.69, 9.17) is 9.47 Å². The van der Waals surface area contributed by atoms with E-state index in [9.17, 15) is 9.18 Å². The Morgan fingerprint density at radius 1 is 1.14 bits per heavy atom. The van der Waals surface area contributed by atoms with E-state index in [0.29, 0.717) is 18.8 Å². The van der Waals surface area contributed by atoms with Gasteiger partial charge in [-0.1, -0.05) is 36.4 Å². The van der Waals surface area contributed by atoms with Gasteiger partial charge in [-0.3, -0.25) is 4.79 Å². The standard InChI is InChI=1S/C16H14FNO.C7H14O2/c17-14-7-5-13(6-8-14)16-15-4-2-1-3-12(15)9-10-18(16)11-19;1-6-3-4-7(8-2)5-9-6/h1-8,11,16H,9-10H2;6-7H,3-5H2,1-2H3/t16-;/m0./s1. The molecule has 150 valence electrons. The normalized spacial score (nSPS) is 24.0. The van der Waals surface area contributed by atoms with Crippen molar-refractivity contribution < 1.29 is 18.7 Å². The van der Waals surface area contributed by atoms with Gasteiger partial charge in [-0.25, -0.2) is 4.39 Å². The first-order valence-corrected chi connectivity index (χ1v) is 9.81. The number of carbonyl (C=O) groups excluding carboxylic acids is 1. The maximum Gasteiger partial charge on any atom is 0.210 e. The van der Waals surface area contributed by atoms with E-state index in [1.165, 1.54) is 17.7 Å². The third-order valence-corrected chi connectivity index (χ3v) is 5.44. The number of fused-ring (bicyclic) bond motifs is 1.